The van der Waals surface area contributed by atoms with Crippen LogP contribution >= 0.6 is 11.3 Å². The van der Waals surface area contributed by atoms with Crippen molar-refractivity contribution in [2.45, 2.75) is 19.4 Å². The molecule has 0 spiro atoms. The highest BCUT2D eigenvalue weighted by molar-refractivity contribution is 7.26. The summed E-state index contributed by atoms with van der Waals surface area (Å²) in [4.78, 5) is 13.2. The minimum atomic E-state index is -0.530. The molecule has 9 aromatic rings. The zero-order chi connectivity index (χ0) is 32.1. The fourth-order valence-electron chi connectivity index (χ4n) is 7.80. The second-order valence-electron chi connectivity index (χ2n) is 12.8. The quantitative estimate of drug-likeness (QED) is 0.193. The van der Waals surface area contributed by atoms with Crippen molar-refractivity contribution in [1.29, 1.82) is 0 Å². The van der Waals surface area contributed by atoms with Crippen molar-refractivity contribution in [3.63, 3.8) is 0 Å². The Bertz CT molecular complexity index is 2780. The van der Waals surface area contributed by atoms with Gasteiger partial charge >= 0.3 is 0 Å². The molecule has 0 aliphatic carbocycles. The van der Waals surface area contributed by atoms with Crippen LogP contribution in [-0.4, -0.2) is 9.97 Å². The topological polar surface area (TPSA) is 29.0 Å². The van der Waals surface area contributed by atoms with Crippen LogP contribution in [0.5, 0.6) is 0 Å². The molecule has 10 rings (SSSR count). The zero-order valence-electron chi connectivity index (χ0n) is 27.0. The minimum Gasteiger partial charge on any atom is -0.299 e. The average Bonchev–Trinajstić information content (AvgIpc) is 3.51. The Balaban J connectivity index is 1.44. The molecule has 3 nitrogen and oxygen atoms in total. The van der Waals surface area contributed by atoms with Crippen molar-refractivity contribution in [1.82, 2.24) is 9.97 Å². The Morgan fingerprint density at radius 2 is 1.32 bits per heavy atom. The maximum Gasteiger partial charge on any atom is 0.231 e. The maximum atomic E-state index is 9.30. The number of para-hydroxylation sites is 1. The van der Waals surface area contributed by atoms with Crippen LogP contribution in [0.1, 0.15) is 20.8 Å². The van der Waals surface area contributed by atoms with Gasteiger partial charge in [0.15, 0.2) is 0 Å². The van der Waals surface area contributed by atoms with E-state index >= 15 is 0 Å². The lowest BCUT2D eigenvalue weighted by atomic mass is 9.76. The number of nitrogens with zero attached hydrogens (tertiary/aromatic N) is 3. The van der Waals surface area contributed by atoms with Gasteiger partial charge in [-0.1, -0.05) is 127 Å². The van der Waals surface area contributed by atoms with Gasteiger partial charge in [0.05, 0.1) is 28.5 Å². The van der Waals surface area contributed by atoms with Crippen molar-refractivity contribution in [2.75, 3.05) is 4.90 Å². The van der Waals surface area contributed by atoms with Gasteiger partial charge in [-0.25, -0.2) is 9.97 Å². The number of hydrogen-bond donors (Lipinski definition) is 0. The van der Waals surface area contributed by atoms with Crippen molar-refractivity contribution in [2.24, 2.45) is 0 Å². The highest BCUT2D eigenvalue weighted by Crippen LogP contribution is 2.59. The van der Waals surface area contributed by atoms with Crippen LogP contribution < -0.4 is 4.90 Å². The van der Waals surface area contributed by atoms with Crippen LogP contribution in [-0.2, 0) is 5.54 Å². The van der Waals surface area contributed by atoms with Crippen LogP contribution in [0.25, 0.3) is 75.0 Å². The third kappa shape index (κ3) is 3.67. The predicted octanol–water partition coefficient (Wildman–Crippen LogP) is 12.0. The number of thiophene rings is 1. The van der Waals surface area contributed by atoms with Crippen molar-refractivity contribution in [3.8, 4) is 22.4 Å². The van der Waals surface area contributed by atoms with E-state index in [0.29, 0.717) is 12.0 Å². The Morgan fingerprint density at radius 1 is 0.617 bits per heavy atom. The van der Waals surface area contributed by atoms with Gasteiger partial charge in [-0.2, -0.15) is 0 Å². The summed E-state index contributed by atoms with van der Waals surface area (Å²) in [7, 11) is 0. The predicted molar refractivity (Wildman–Crippen MR) is 200 cm³/mol. The largest absolute Gasteiger partial charge is 0.299 e. The molecular weight excluding hydrogens is 591 g/mol. The lowest BCUT2D eigenvalue weighted by molar-refractivity contribution is 0.525. The zero-order valence-corrected chi connectivity index (χ0v) is 26.8. The molecule has 0 atom stereocenters. The number of aromatic nitrogens is 2. The summed E-state index contributed by atoms with van der Waals surface area (Å²) in [6, 6.07) is 47.3. The van der Waals surface area contributed by atoms with E-state index in [-0.39, 0.29) is 0 Å². The van der Waals surface area contributed by atoms with Gasteiger partial charge in [-0.05, 0) is 58.7 Å². The summed E-state index contributed by atoms with van der Waals surface area (Å²) >= 11 is 1.80. The average molecular weight is 621 g/mol. The highest BCUT2D eigenvalue weighted by atomic mass is 32.1. The molecule has 0 radical (unpaired) electrons. The Hall–Kier alpha value is -5.58. The van der Waals surface area contributed by atoms with E-state index in [9.17, 15) is 1.37 Å². The maximum absolute atomic E-state index is 9.30. The first kappa shape index (κ1) is 25.6. The molecule has 0 amide bonds. The van der Waals surface area contributed by atoms with Crippen LogP contribution in [0.2, 0.25) is 0 Å². The number of anilines is 2. The summed E-state index contributed by atoms with van der Waals surface area (Å²) in [5.74, 6) is 0.665. The Labute approximate surface area is 277 Å². The van der Waals surface area contributed by atoms with Crippen LogP contribution in [0.15, 0.2) is 140 Å². The molecule has 3 heterocycles. The van der Waals surface area contributed by atoms with E-state index in [1.54, 1.807) is 11.3 Å². The minimum absolute atomic E-state index is 0.530. The molecule has 0 saturated carbocycles. The second kappa shape index (κ2) is 9.71. The van der Waals surface area contributed by atoms with Crippen LogP contribution in [0.4, 0.5) is 11.6 Å². The summed E-state index contributed by atoms with van der Waals surface area (Å²) in [5.41, 5.74) is 7.03. The van der Waals surface area contributed by atoms with Crippen LogP contribution in [0.3, 0.4) is 0 Å². The molecule has 222 valence electrons. The smallest absolute Gasteiger partial charge is 0.231 e. The molecule has 0 saturated heterocycles. The summed E-state index contributed by atoms with van der Waals surface area (Å²) in [6.07, 6.45) is 0. The van der Waals surface area contributed by atoms with E-state index < -0.39 is 5.54 Å². The standard InChI is InChI=1S/C43H29N3S/c1-43(2)33-25-24-26-14-6-7-17-28(26)37(33)38-30-19-9-8-18-29(30)36-32-21-11-13-23-35(32)47-41(36)40(38)46(43)42-44-34-22-12-10-20-31(34)39(45-42)27-15-4-3-5-16-27/h3-25H,1-2H3/i18D. The number of rotatable bonds is 2. The van der Waals surface area contributed by atoms with E-state index in [2.05, 4.69) is 134 Å². The second-order valence-corrected chi connectivity index (χ2v) is 13.9. The third-order valence-electron chi connectivity index (χ3n) is 9.88. The fraction of sp³-hybridized carbons (Fsp3) is 0.0698. The molecule has 0 bridgehead atoms. The molecule has 7 aromatic carbocycles. The molecule has 0 N–H and O–H groups in total. The van der Waals surface area contributed by atoms with Crippen LogP contribution in [0, 0.1) is 0 Å². The first-order chi connectivity index (χ1) is 23.5. The number of fused-ring (bicyclic) bond motifs is 13. The van der Waals surface area contributed by atoms with Gasteiger partial charge in [-0.3, -0.25) is 4.90 Å². The SMILES string of the molecule is [2H]c1cccc2c3c(c4sc5ccccc5c4c12)N(c1nc(-c2ccccc2)c2ccccc2n1)C(C)(C)c1ccc2ccccc2c1-3. The van der Waals surface area contributed by atoms with E-state index in [1.807, 2.05) is 18.2 Å². The van der Waals surface area contributed by atoms with Gasteiger partial charge in [-0.15, -0.1) is 11.3 Å². The summed E-state index contributed by atoms with van der Waals surface area (Å²) in [6.45, 7) is 4.60. The van der Waals surface area contributed by atoms with Gasteiger partial charge in [0.2, 0.25) is 5.95 Å². The van der Waals surface area contributed by atoms with E-state index in [1.165, 1.54) is 32.0 Å². The molecule has 47 heavy (non-hydrogen) atoms. The molecule has 1 aliphatic heterocycles. The summed E-state index contributed by atoms with van der Waals surface area (Å²) < 4.78 is 11.7. The third-order valence-corrected chi connectivity index (χ3v) is 11.1. The summed E-state index contributed by atoms with van der Waals surface area (Å²) in [5, 5.41) is 7.82. The number of benzene rings is 7. The Morgan fingerprint density at radius 3 is 2.19 bits per heavy atom. The van der Waals surface area contributed by atoms with Gasteiger partial charge in [0.1, 0.15) is 0 Å². The van der Waals surface area contributed by atoms with Crippen molar-refractivity contribution >= 4 is 75.6 Å². The van der Waals surface area contributed by atoms with Crippen molar-refractivity contribution in [3.05, 3.63) is 145 Å². The molecule has 0 fully saturated rings. The molecule has 2 aromatic heterocycles. The molecule has 4 heteroatoms. The van der Waals surface area contributed by atoms with Gasteiger partial charge in [0.25, 0.3) is 0 Å². The van der Waals surface area contributed by atoms with Crippen molar-refractivity contribution < 1.29 is 1.37 Å². The monoisotopic (exact) mass is 620 g/mol. The first-order valence-corrected chi connectivity index (χ1v) is 16.8. The normalized spacial score (nSPS) is 14.2. The van der Waals surface area contributed by atoms with E-state index in [4.69, 9.17) is 9.97 Å². The molecular formula is C43H29N3S. The van der Waals surface area contributed by atoms with Gasteiger partial charge < -0.3 is 0 Å². The first-order valence-electron chi connectivity index (χ1n) is 16.5. The van der Waals surface area contributed by atoms with Gasteiger partial charge in [0, 0.05) is 32.0 Å². The molecule has 0 unspecified atom stereocenters. The highest BCUT2D eigenvalue weighted by Gasteiger charge is 2.43. The number of hydrogen-bond acceptors (Lipinski definition) is 4. The lowest BCUT2D eigenvalue weighted by Gasteiger charge is -2.46. The Kier molecular flexibility index (Phi) is 5.29. The van der Waals surface area contributed by atoms with E-state index in [0.717, 1.165) is 54.3 Å². The lowest BCUT2D eigenvalue weighted by Crippen LogP contribution is -2.42. The molecule has 1 aliphatic rings. The fourth-order valence-corrected chi connectivity index (χ4v) is 9.05.